The fourth-order valence-electron chi connectivity index (χ4n) is 1.99. The lowest BCUT2D eigenvalue weighted by Crippen LogP contribution is -2.65. The molecule has 1 aliphatic rings. The lowest BCUT2D eigenvalue weighted by molar-refractivity contribution is -0.279. The largest absolute Gasteiger partial charge is 0.756 e. The fourth-order valence-corrected chi connectivity index (χ4v) is 3.64. The molecular weight excluding hydrogens is 405 g/mol. The second kappa shape index (κ2) is 7.45. The molecule has 6 N–H and O–H groups in total. The summed E-state index contributed by atoms with van der Waals surface area (Å²) in [4.78, 5) is 58.3. The molecule has 0 radical (unpaired) electrons. The van der Waals surface area contributed by atoms with Gasteiger partial charge in [0.2, 0.25) is 0 Å². The Morgan fingerprint density at radius 2 is 0.833 bits per heavy atom. The van der Waals surface area contributed by atoms with E-state index in [9.17, 15) is 43.7 Å². The third-order valence-corrected chi connectivity index (χ3v) is 4.31. The minimum atomic E-state index is -5.77. The topological polar surface area (TPSA) is 269 Å². The maximum Gasteiger partial charge on any atom is 0.265 e. The van der Waals surface area contributed by atoms with Crippen LogP contribution >= 0.6 is 23.5 Å². The molecule has 0 aromatic carbocycles. The van der Waals surface area contributed by atoms with E-state index in [1.54, 1.807) is 0 Å². The summed E-state index contributed by atoms with van der Waals surface area (Å²) in [5, 5.41) is 28.8. The van der Waals surface area contributed by atoms with Gasteiger partial charge >= 0.3 is 0 Å². The van der Waals surface area contributed by atoms with Crippen LogP contribution in [0, 0.1) is 0 Å². The van der Waals surface area contributed by atoms with Crippen LogP contribution in [-0.4, -0.2) is 66.6 Å². The Hall–Kier alpha value is 0.210. The Morgan fingerprint density at radius 3 is 1.08 bits per heavy atom. The lowest BCUT2D eigenvalue weighted by atomic mass is 9.85. The molecular formula is C6H12O15P3-3. The lowest BCUT2D eigenvalue weighted by Gasteiger charge is -2.47. The van der Waals surface area contributed by atoms with Gasteiger partial charge in [-0.05, 0) is 0 Å². The number of aliphatic hydroxyl groups is 3. The Kier molecular flexibility index (Phi) is 6.90. The zero-order valence-corrected chi connectivity index (χ0v) is 13.8. The van der Waals surface area contributed by atoms with Gasteiger partial charge in [-0.15, -0.1) is 0 Å². The number of phosphoric acid groups is 3. The van der Waals surface area contributed by atoms with E-state index in [0.29, 0.717) is 0 Å². The number of aliphatic hydroxyl groups excluding tert-OH is 3. The molecule has 0 spiro atoms. The van der Waals surface area contributed by atoms with E-state index in [0.717, 1.165) is 0 Å². The van der Waals surface area contributed by atoms with E-state index in [4.69, 9.17) is 14.7 Å². The van der Waals surface area contributed by atoms with Crippen molar-refractivity contribution in [1.29, 1.82) is 0 Å². The number of rotatable bonds is 6. The van der Waals surface area contributed by atoms with E-state index in [2.05, 4.69) is 13.6 Å². The SMILES string of the molecule is O=P([O-])(O)OC1[C@@H](OP(=O)([O-])O)[C@@H](O)C(O)[C@H](O)[C@H]1OP(=O)([O-])O. The van der Waals surface area contributed by atoms with Crippen LogP contribution in [0.5, 0.6) is 0 Å². The highest BCUT2D eigenvalue weighted by Gasteiger charge is 2.54. The highest BCUT2D eigenvalue weighted by atomic mass is 31.2. The second-order valence-corrected chi connectivity index (χ2v) is 8.03. The van der Waals surface area contributed by atoms with Crippen LogP contribution in [0.2, 0.25) is 0 Å². The van der Waals surface area contributed by atoms with Crippen LogP contribution in [0.15, 0.2) is 0 Å². The van der Waals surface area contributed by atoms with Gasteiger partial charge < -0.3 is 58.3 Å². The molecule has 0 heterocycles. The van der Waals surface area contributed by atoms with Crippen LogP contribution in [0.4, 0.5) is 0 Å². The minimum absolute atomic E-state index is 2.39. The highest BCUT2D eigenvalue weighted by molar-refractivity contribution is 7.45. The van der Waals surface area contributed by atoms with E-state index < -0.39 is 60.1 Å². The highest BCUT2D eigenvalue weighted by Crippen LogP contribution is 2.46. The summed E-state index contributed by atoms with van der Waals surface area (Å²) >= 11 is 0. The summed E-state index contributed by atoms with van der Waals surface area (Å²) in [6, 6.07) is 0. The van der Waals surface area contributed by atoms with Crippen LogP contribution in [0.3, 0.4) is 0 Å². The van der Waals surface area contributed by atoms with Crippen LogP contribution in [0.1, 0.15) is 0 Å². The Bertz CT molecular complexity index is 536. The average Bonchev–Trinajstić information content (AvgIpc) is 2.32. The normalized spacial score (nSPS) is 41.9. The molecule has 24 heavy (non-hydrogen) atoms. The molecule has 1 rings (SSSR count). The van der Waals surface area contributed by atoms with Crippen molar-refractivity contribution in [1.82, 2.24) is 0 Å². The number of hydrogen-bond donors (Lipinski definition) is 6. The van der Waals surface area contributed by atoms with Crippen molar-refractivity contribution >= 4 is 23.5 Å². The Morgan fingerprint density at radius 1 is 0.583 bits per heavy atom. The van der Waals surface area contributed by atoms with Crippen molar-refractivity contribution in [2.45, 2.75) is 36.6 Å². The van der Waals surface area contributed by atoms with Gasteiger partial charge in [0.05, 0.1) is 0 Å². The van der Waals surface area contributed by atoms with Gasteiger partial charge in [-0.25, -0.2) is 0 Å². The molecule has 0 aliphatic heterocycles. The summed E-state index contributed by atoms with van der Waals surface area (Å²) in [6.45, 7) is 0. The zero-order chi connectivity index (χ0) is 19.1. The number of phosphoric ester groups is 3. The molecule has 1 saturated carbocycles. The fraction of sp³-hybridized carbons (Fsp3) is 1.00. The summed E-state index contributed by atoms with van der Waals surface area (Å²) in [5.41, 5.74) is 0. The predicted molar refractivity (Wildman–Crippen MR) is 62.1 cm³/mol. The van der Waals surface area contributed by atoms with Crippen LogP contribution in [0.25, 0.3) is 0 Å². The van der Waals surface area contributed by atoms with Crippen molar-refractivity contribution in [3.8, 4) is 0 Å². The molecule has 1 aliphatic carbocycles. The molecule has 18 heteroatoms. The van der Waals surface area contributed by atoms with Gasteiger partial charge in [-0.3, -0.25) is 13.7 Å². The van der Waals surface area contributed by atoms with Crippen LogP contribution in [-0.2, 0) is 27.3 Å². The van der Waals surface area contributed by atoms with Gasteiger partial charge in [0, 0.05) is 0 Å². The van der Waals surface area contributed by atoms with E-state index in [1.807, 2.05) is 0 Å². The molecule has 15 nitrogen and oxygen atoms in total. The van der Waals surface area contributed by atoms with Crippen LogP contribution < -0.4 is 14.7 Å². The first-order chi connectivity index (χ1) is 10.5. The van der Waals surface area contributed by atoms with Gasteiger partial charge in [0.1, 0.15) is 36.6 Å². The predicted octanol–water partition coefficient (Wildman–Crippen LogP) is -5.38. The zero-order valence-electron chi connectivity index (χ0n) is 11.2. The molecule has 9 atom stereocenters. The first kappa shape index (κ1) is 22.3. The third kappa shape index (κ3) is 6.50. The standard InChI is InChI=1S/C6H15O15P3/c7-1-2(8)4(19-22(10,11)12)6(21-24(16,17)18)5(3(1)9)20-23(13,14)15/h1-9H,(H2,10,11,12)(H2,13,14,15)(H2,16,17,18)/p-3/t1?,2-,3-,4-,5+,6?/m0/s1. The van der Waals surface area contributed by atoms with E-state index >= 15 is 0 Å². The second-order valence-electron chi connectivity index (χ2n) is 4.59. The molecule has 0 aromatic heterocycles. The summed E-state index contributed by atoms with van der Waals surface area (Å²) in [5.74, 6) is 0. The smallest absolute Gasteiger partial charge is 0.265 e. The first-order valence-corrected chi connectivity index (χ1v) is 10.2. The summed E-state index contributed by atoms with van der Waals surface area (Å²) in [6.07, 6.45) is -15.0. The minimum Gasteiger partial charge on any atom is -0.756 e. The van der Waals surface area contributed by atoms with Crippen molar-refractivity contribution in [2.75, 3.05) is 0 Å². The van der Waals surface area contributed by atoms with Gasteiger partial charge in [-0.1, -0.05) is 0 Å². The van der Waals surface area contributed by atoms with E-state index in [1.165, 1.54) is 0 Å². The maximum absolute atomic E-state index is 10.8. The molecule has 5 unspecified atom stereocenters. The maximum atomic E-state index is 10.8. The molecule has 144 valence electrons. The van der Waals surface area contributed by atoms with Crippen molar-refractivity contribution < 1.29 is 71.9 Å². The number of hydrogen-bond acceptors (Lipinski definition) is 12. The quantitative estimate of drug-likeness (QED) is 0.220. The summed E-state index contributed by atoms with van der Waals surface area (Å²) in [7, 11) is -17.2. The van der Waals surface area contributed by atoms with Crippen molar-refractivity contribution in [3.63, 3.8) is 0 Å². The van der Waals surface area contributed by atoms with Gasteiger partial charge in [-0.2, -0.15) is 0 Å². The monoisotopic (exact) mass is 417 g/mol. The molecule has 0 saturated heterocycles. The van der Waals surface area contributed by atoms with Crippen molar-refractivity contribution in [2.24, 2.45) is 0 Å². The molecule has 0 amide bonds. The molecule has 0 bridgehead atoms. The molecule has 1 fully saturated rings. The Labute approximate surface area is 133 Å². The molecule has 0 aromatic rings. The van der Waals surface area contributed by atoms with Gasteiger partial charge in [0.25, 0.3) is 23.5 Å². The first-order valence-electron chi connectivity index (χ1n) is 5.72. The third-order valence-electron chi connectivity index (χ3n) is 2.79. The summed E-state index contributed by atoms with van der Waals surface area (Å²) < 4.78 is 44.1. The van der Waals surface area contributed by atoms with Gasteiger partial charge in [0.15, 0.2) is 0 Å². The van der Waals surface area contributed by atoms with E-state index in [-0.39, 0.29) is 0 Å². The average molecular weight is 417 g/mol. The van der Waals surface area contributed by atoms with Crippen molar-refractivity contribution in [3.05, 3.63) is 0 Å². The Balaban J connectivity index is 3.32.